The van der Waals surface area contributed by atoms with E-state index in [0.29, 0.717) is 21.5 Å². The van der Waals surface area contributed by atoms with E-state index in [1.807, 2.05) is 0 Å². The topological polar surface area (TPSA) is 111 Å². The lowest BCUT2D eigenvalue weighted by molar-refractivity contribution is -0.143. The Kier molecular flexibility index (Phi) is 8.75. The number of thioether (sulfide) groups is 1. The maximum absolute atomic E-state index is 12.8. The van der Waals surface area contributed by atoms with E-state index in [2.05, 4.69) is 41.9 Å². The second-order valence-corrected chi connectivity index (χ2v) is 9.48. The molecular weight excluding hydrogens is 596 g/mol. The van der Waals surface area contributed by atoms with Crippen LogP contribution < -0.4 is 14.8 Å². The van der Waals surface area contributed by atoms with E-state index >= 15 is 0 Å². The molecule has 2 aromatic carbocycles. The van der Waals surface area contributed by atoms with E-state index in [1.54, 1.807) is 36.4 Å². The van der Waals surface area contributed by atoms with Crippen LogP contribution >= 0.6 is 43.6 Å². The molecule has 0 atom stereocenters. The third-order valence-electron chi connectivity index (χ3n) is 4.45. The van der Waals surface area contributed by atoms with Gasteiger partial charge in [-0.25, -0.2) is 4.79 Å². The highest BCUT2D eigenvalue weighted by Crippen LogP contribution is 2.38. The number of amides is 3. The number of benzene rings is 2. The molecule has 34 heavy (non-hydrogen) atoms. The van der Waals surface area contributed by atoms with Crippen molar-refractivity contribution in [3.63, 3.8) is 0 Å². The Morgan fingerprint density at radius 3 is 2.44 bits per heavy atom. The minimum absolute atomic E-state index is 0.146. The third kappa shape index (κ3) is 6.39. The van der Waals surface area contributed by atoms with Gasteiger partial charge in [-0.3, -0.25) is 19.3 Å². The summed E-state index contributed by atoms with van der Waals surface area (Å²) in [6.45, 7) is -0.720. The first-order valence-electron chi connectivity index (χ1n) is 9.59. The maximum atomic E-state index is 12.8. The van der Waals surface area contributed by atoms with Crippen LogP contribution in [0.15, 0.2) is 50.2 Å². The summed E-state index contributed by atoms with van der Waals surface area (Å²) in [4.78, 5) is 49.9. The molecule has 1 fully saturated rings. The van der Waals surface area contributed by atoms with Crippen molar-refractivity contribution >= 4 is 78.4 Å². The van der Waals surface area contributed by atoms with Crippen LogP contribution in [0.1, 0.15) is 5.56 Å². The average molecular weight is 614 g/mol. The lowest BCUT2D eigenvalue weighted by Crippen LogP contribution is -2.36. The molecule has 1 aliphatic rings. The van der Waals surface area contributed by atoms with Crippen molar-refractivity contribution in [2.75, 3.05) is 32.7 Å². The lowest BCUT2D eigenvalue weighted by Gasteiger charge is -2.13. The highest BCUT2D eigenvalue weighted by atomic mass is 79.9. The minimum Gasteiger partial charge on any atom is -0.493 e. The summed E-state index contributed by atoms with van der Waals surface area (Å²) in [5, 5.41) is 2.10. The molecule has 0 radical (unpaired) electrons. The smallest absolute Gasteiger partial charge is 0.343 e. The van der Waals surface area contributed by atoms with E-state index in [4.69, 9.17) is 9.47 Å². The zero-order valence-corrected chi connectivity index (χ0v) is 21.9. The molecule has 0 bridgehead atoms. The number of halogens is 2. The van der Waals surface area contributed by atoms with Gasteiger partial charge >= 0.3 is 5.97 Å². The van der Waals surface area contributed by atoms with Gasteiger partial charge in [0.1, 0.15) is 6.54 Å². The van der Waals surface area contributed by atoms with Crippen molar-refractivity contribution < 1.29 is 33.4 Å². The predicted octanol–water partition coefficient (Wildman–Crippen LogP) is 4.45. The standard InChI is InChI=1S/C22H18Br2N2O7S/c1-31-16-7-12(15(24)9-17(16)33-11-20(28)32-2)8-18-21(29)26(22(30)34-18)10-19(27)25-14-5-3-13(23)4-6-14/h3-9H,10-11H2,1-2H3,(H,25,27)/b18-8+. The largest absolute Gasteiger partial charge is 0.493 e. The van der Waals surface area contributed by atoms with E-state index in [-0.39, 0.29) is 17.3 Å². The second-order valence-electron chi connectivity index (χ2n) is 6.71. The minimum atomic E-state index is -0.585. The highest BCUT2D eigenvalue weighted by Gasteiger charge is 2.36. The molecule has 9 nitrogen and oxygen atoms in total. The fourth-order valence-electron chi connectivity index (χ4n) is 2.78. The van der Waals surface area contributed by atoms with Gasteiger partial charge in [-0.1, -0.05) is 31.9 Å². The number of methoxy groups -OCH3 is 2. The Hall–Kier alpha value is -2.83. The van der Waals surface area contributed by atoms with Crippen molar-refractivity contribution in [3.05, 3.63) is 55.8 Å². The second kappa shape index (κ2) is 11.5. The lowest BCUT2D eigenvalue weighted by atomic mass is 10.2. The number of anilines is 1. The SMILES string of the molecule is COC(=O)COc1cc(Br)c(/C=C2/SC(=O)N(CC(=O)Nc3ccc(Br)cc3)C2=O)cc1OC. The van der Waals surface area contributed by atoms with Gasteiger partial charge in [0, 0.05) is 14.6 Å². The van der Waals surface area contributed by atoms with Crippen LogP contribution in [0.4, 0.5) is 10.5 Å². The van der Waals surface area contributed by atoms with Gasteiger partial charge in [0.05, 0.1) is 19.1 Å². The summed E-state index contributed by atoms with van der Waals surface area (Å²) in [5.41, 5.74) is 1.08. The Balaban J connectivity index is 1.74. The molecule has 0 unspecified atom stereocenters. The number of carbonyl (C=O) groups is 4. The summed E-state index contributed by atoms with van der Waals surface area (Å²) in [7, 11) is 2.68. The fraction of sp³-hybridized carbons (Fsp3) is 0.182. The van der Waals surface area contributed by atoms with Crippen LogP contribution in [0.2, 0.25) is 0 Å². The summed E-state index contributed by atoms with van der Waals surface area (Å²) >= 11 is 7.43. The van der Waals surface area contributed by atoms with Crippen molar-refractivity contribution in [2.24, 2.45) is 0 Å². The first kappa shape index (κ1) is 25.8. The van der Waals surface area contributed by atoms with E-state index in [9.17, 15) is 19.2 Å². The zero-order valence-electron chi connectivity index (χ0n) is 17.9. The van der Waals surface area contributed by atoms with Crippen molar-refractivity contribution in [1.82, 2.24) is 4.90 Å². The quantitative estimate of drug-likeness (QED) is 0.343. The molecule has 1 aliphatic heterocycles. The average Bonchev–Trinajstić information content (AvgIpc) is 3.07. The van der Waals surface area contributed by atoms with Crippen LogP contribution in [-0.4, -0.2) is 55.3 Å². The zero-order chi connectivity index (χ0) is 24.8. The number of nitrogens with zero attached hydrogens (tertiary/aromatic N) is 1. The van der Waals surface area contributed by atoms with Gasteiger partial charge < -0.3 is 19.5 Å². The molecule has 1 heterocycles. The number of ether oxygens (including phenoxy) is 3. The number of hydrogen-bond acceptors (Lipinski definition) is 8. The molecule has 1 saturated heterocycles. The summed E-state index contributed by atoms with van der Waals surface area (Å²) < 4.78 is 16.7. The first-order chi connectivity index (χ1) is 16.2. The van der Waals surface area contributed by atoms with Gasteiger partial charge in [0.15, 0.2) is 18.1 Å². The van der Waals surface area contributed by atoms with E-state index < -0.39 is 29.6 Å². The van der Waals surface area contributed by atoms with Crippen LogP contribution in [0, 0.1) is 0 Å². The predicted molar refractivity (Wildman–Crippen MR) is 134 cm³/mol. The van der Waals surface area contributed by atoms with Gasteiger partial charge in [0.2, 0.25) is 5.91 Å². The molecule has 3 amide bonds. The molecule has 178 valence electrons. The third-order valence-corrected chi connectivity index (χ3v) is 6.57. The van der Waals surface area contributed by atoms with Crippen molar-refractivity contribution in [1.29, 1.82) is 0 Å². The molecule has 0 spiro atoms. The van der Waals surface area contributed by atoms with Crippen LogP contribution in [-0.2, 0) is 19.1 Å². The number of nitrogens with one attached hydrogen (secondary N) is 1. The molecule has 0 aliphatic carbocycles. The number of hydrogen-bond donors (Lipinski definition) is 1. The molecule has 3 rings (SSSR count). The molecule has 0 saturated carbocycles. The van der Waals surface area contributed by atoms with Crippen molar-refractivity contribution in [3.8, 4) is 11.5 Å². The Bertz CT molecular complexity index is 1170. The Labute approximate surface area is 216 Å². The van der Waals surface area contributed by atoms with Crippen molar-refractivity contribution in [2.45, 2.75) is 0 Å². The number of carbonyl (C=O) groups excluding carboxylic acids is 4. The molecule has 12 heteroatoms. The van der Waals surface area contributed by atoms with Crippen LogP contribution in [0.25, 0.3) is 6.08 Å². The molecule has 1 N–H and O–H groups in total. The molecular formula is C22H18Br2N2O7S. The summed E-state index contributed by atoms with van der Waals surface area (Å²) in [6.07, 6.45) is 1.51. The maximum Gasteiger partial charge on any atom is 0.343 e. The highest BCUT2D eigenvalue weighted by molar-refractivity contribution is 9.10. The van der Waals surface area contributed by atoms with Gasteiger partial charge in [0.25, 0.3) is 11.1 Å². The van der Waals surface area contributed by atoms with Gasteiger partial charge in [-0.2, -0.15) is 0 Å². The number of rotatable bonds is 8. The molecule has 2 aromatic rings. The van der Waals surface area contributed by atoms with Crippen LogP contribution in [0.3, 0.4) is 0 Å². The normalized spacial score (nSPS) is 14.4. The van der Waals surface area contributed by atoms with E-state index in [1.165, 1.54) is 20.3 Å². The van der Waals surface area contributed by atoms with Gasteiger partial charge in [-0.05, 0) is 59.8 Å². The van der Waals surface area contributed by atoms with Crippen LogP contribution in [0.5, 0.6) is 11.5 Å². The number of esters is 1. The van der Waals surface area contributed by atoms with E-state index in [0.717, 1.165) is 21.1 Å². The summed E-state index contributed by atoms with van der Waals surface area (Å²) in [5.74, 6) is -1.04. The first-order valence-corrected chi connectivity index (χ1v) is 12.0. The fourth-order valence-corrected chi connectivity index (χ4v) is 4.31. The molecule has 0 aromatic heterocycles. The Morgan fingerprint density at radius 1 is 1.09 bits per heavy atom. The monoisotopic (exact) mass is 612 g/mol. The summed E-state index contributed by atoms with van der Waals surface area (Å²) in [6, 6.07) is 10.1. The van der Waals surface area contributed by atoms with Gasteiger partial charge in [-0.15, -0.1) is 0 Å². The Morgan fingerprint density at radius 2 is 1.79 bits per heavy atom. The number of imide groups is 1.